The van der Waals surface area contributed by atoms with Gasteiger partial charge in [0, 0.05) is 6.16 Å². The zero-order valence-corrected chi connectivity index (χ0v) is 11.1. The van der Waals surface area contributed by atoms with Crippen LogP contribution in [0.25, 0.3) is 0 Å². The van der Waals surface area contributed by atoms with Crippen molar-refractivity contribution in [3.8, 4) is 0 Å². The van der Waals surface area contributed by atoms with E-state index in [4.69, 9.17) is 4.52 Å². The molecule has 0 rings (SSSR count). The molecule has 0 aromatic heterocycles. The van der Waals surface area contributed by atoms with E-state index in [9.17, 15) is 9.46 Å². The van der Waals surface area contributed by atoms with E-state index in [1.807, 2.05) is 6.92 Å². The second kappa shape index (κ2) is 8.32. The summed E-state index contributed by atoms with van der Waals surface area (Å²) in [6, 6.07) is 0. The summed E-state index contributed by atoms with van der Waals surface area (Å²) in [5.41, 5.74) is 0. The zero-order valence-electron chi connectivity index (χ0n) is 10.2. The van der Waals surface area contributed by atoms with Crippen LogP contribution in [-0.4, -0.2) is 17.7 Å². The lowest BCUT2D eigenvalue weighted by Gasteiger charge is -2.17. The molecule has 0 amide bonds. The molecular weight excluding hydrogens is 211 g/mol. The van der Waals surface area contributed by atoms with E-state index in [0.29, 0.717) is 18.9 Å². The van der Waals surface area contributed by atoms with Gasteiger partial charge in [-0.3, -0.25) is 4.57 Å². The summed E-state index contributed by atoms with van der Waals surface area (Å²) in [6.07, 6.45) is 5.43. The van der Waals surface area contributed by atoms with Crippen molar-refractivity contribution >= 4 is 7.60 Å². The van der Waals surface area contributed by atoms with Gasteiger partial charge in [-0.25, -0.2) is 0 Å². The normalized spacial score (nSPS) is 17.3. The minimum absolute atomic E-state index is 0.275. The molecule has 0 aliphatic heterocycles. The molecule has 0 fully saturated rings. The Labute approximate surface area is 93.8 Å². The summed E-state index contributed by atoms with van der Waals surface area (Å²) in [4.78, 5) is 9.42. The first-order chi connectivity index (χ1) is 7.05. The van der Waals surface area contributed by atoms with Crippen molar-refractivity contribution < 1.29 is 14.0 Å². The van der Waals surface area contributed by atoms with E-state index < -0.39 is 7.60 Å². The van der Waals surface area contributed by atoms with Gasteiger partial charge in [-0.15, -0.1) is 0 Å². The van der Waals surface area contributed by atoms with Gasteiger partial charge in [-0.05, 0) is 18.8 Å². The van der Waals surface area contributed by atoms with Gasteiger partial charge in [0.15, 0.2) is 0 Å². The molecule has 0 saturated carbocycles. The Morgan fingerprint density at radius 3 is 2.40 bits per heavy atom. The first kappa shape index (κ1) is 15.2. The van der Waals surface area contributed by atoms with Crippen LogP contribution in [0, 0.1) is 5.92 Å². The molecule has 0 radical (unpaired) electrons. The van der Waals surface area contributed by atoms with Crippen LogP contribution in [0.4, 0.5) is 0 Å². The lowest BCUT2D eigenvalue weighted by molar-refractivity contribution is 0.203. The second-order valence-corrected chi connectivity index (χ2v) is 6.05. The summed E-state index contributed by atoms with van der Waals surface area (Å²) < 4.78 is 16.6. The van der Waals surface area contributed by atoms with Gasteiger partial charge in [-0.2, -0.15) is 0 Å². The van der Waals surface area contributed by atoms with Gasteiger partial charge in [-0.1, -0.05) is 40.0 Å². The maximum Gasteiger partial charge on any atom is 0.328 e. The number of hydrogen-bond acceptors (Lipinski definition) is 2. The molecule has 0 aliphatic rings. The third-order valence-electron chi connectivity index (χ3n) is 2.56. The second-order valence-electron chi connectivity index (χ2n) is 4.07. The molecule has 0 spiro atoms. The van der Waals surface area contributed by atoms with Crippen molar-refractivity contribution in [1.29, 1.82) is 0 Å². The molecule has 0 aromatic carbocycles. The zero-order chi connectivity index (χ0) is 11.7. The van der Waals surface area contributed by atoms with E-state index in [1.54, 1.807) is 0 Å². The quantitative estimate of drug-likeness (QED) is 0.619. The summed E-state index contributed by atoms with van der Waals surface area (Å²) in [5.74, 6) is 0.433. The fourth-order valence-electron chi connectivity index (χ4n) is 1.47. The van der Waals surface area contributed by atoms with E-state index >= 15 is 0 Å². The third kappa shape index (κ3) is 8.01. The summed E-state index contributed by atoms with van der Waals surface area (Å²) >= 11 is 0. The third-order valence-corrected chi connectivity index (χ3v) is 4.13. The average molecular weight is 236 g/mol. The van der Waals surface area contributed by atoms with Gasteiger partial charge >= 0.3 is 7.60 Å². The summed E-state index contributed by atoms with van der Waals surface area (Å²) in [7, 11) is -3.29. The van der Waals surface area contributed by atoms with Gasteiger partial charge < -0.3 is 9.42 Å². The molecule has 3 nitrogen and oxygen atoms in total. The van der Waals surface area contributed by atoms with Crippen molar-refractivity contribution in [1.82, 2.24) is 0 Å². The molecule has 0 heterocycles. The largest absolute Gasteiger partial charge is 0.328 e. The van der Waals surface area contributed by atoms with Crippen molar-refractivity contribution in [2.45, 2.75) is 52.9 Å². The Balaban J connectivity index is 3.83. The minimum atomic E-state index is -3.29. The topological polar surface area (TPSA) is 46.5 Å². The smallest absolute Gasteiger partial charge is 0.324 e. The highest BCUT2D eigenvalue weighted by Crippen LogP contribution is 2.43. The highest BCUT2D eigenvalue weighted by molar-refractivity contribution is 7.52. The maximum absolute atomic E-state index is 11.4. The first-order valence-electron chi connectivity index (χ1n) is 6.02. The summed E-state index contributed by atoms with van der Waals surface area (Å²) in [5, 5.41) is 0. The van der Waals surface area contributed by atoms with Crippen LogP contribution in [-0.2, 0) is 9.09 Å². The van der Waals surface area contributed by atoms with Crippen molar-refractivity contribution in [2.75, 3.05) is 12.8 Å². The molecule has 92 valence electrons. The molecule has 0 bridgehead atoms. The highest BCUT2D eigenvalue weighted by atomic mass is 31.2. The predicted octanol–water partition coefficient (Wildman–Crippen LogP) is 3.81. The van der Waals surface area contributed by atoms with Gasteiger partial charge in [0.1, 0.15) is 0 Å². The molecule has 1 N–H and O–H groups in total. The SMILES string of the molecule is CCCCC(CC)COP(=O)(O)CCC. The van der Waals surface area contributed by atoms with E-state index in [-0.39, 0.29) is 6.16 Å². The molecule has 0 aliphatic carbocycles. The van der Waals surface area contributed by atoms with Crippen LogP contribution in [0.3, 0.4) is 0 Å². The van der Waals surface area contributed by atoms with Gasteiger partial charge in [0.25, 0.3) is 0 Å². The fourth-order valence-corrected chi connectivity index (χ4v) is 2.61. The highest BCUT2D eigenvalue weighted by Gasteiger charge is 2.19. The van der Waals surface area contributed by atoms with Gasteiger partial charge in [0.2, 0.25) is 0 Å². The minimum Gasteiger partial charge on any atom is -0.324 e. The van der Waals surface area contributed by atoms with Crippen LogP contribution in [0.1, 0.15) is 52.9 Å². The van der Waals surface area contributed by atoms with Crippen LogP contribution in [0.5, 0.6) is 0 Å². The average Bonchev–Trinajstić information content (AvgIpc) is 2.18. The summed E-state index contributed by atoms with van der Waals surface area (Å²) in [6.45, 7) is 6.58. The van der Waals surface area contributed by atoms with Crippen molar-refractivity contribution in [3.05, 3.63) is 0 Å². The lowest BCUT2D eigenvalue weighted by Crippen LogP contribution is -2.08. The molecule has 4 heteroatoms. The standard InChI is InChI=1S/C11H25O3P/c1-4-7-8-11(6-3)10-14-15(12,13)9-5-2/h11H,4-10H2,1-3H3,(H,12,13). The molecule has 0 aromatic rings. The monoisotopic (exact) mass is 236 g/mol. The predicted molar refractivity (Wildman–Crippen MR) is 64.2 cm³/mol. The Kier molecular flexibility index (Phi) is 8.40. The number of rotatable bonds is 9. The molecule has 2 unspecified atom stereocenters. The first-order valence-corrected chi connectivity index (χ1v) is 7.78. The van der Waals surface area contributed by atoms with Crippen molar-refractivity contribution in [3.63, 3.8) is 0 Å². The van der Waals surface area contributed by atoms with E-state index in [2.05, 4.69) is 13.8 Å². The maximum atomic E-state index is 11.4. The Bertz CT molecular complexity index is 194. The lowest BCUT2D eigenvalue weighted by atomic mass is 10.0. The van der Waals surface area contributed by atoms with Crippen LogP contribution >= 0.6 is 7.60 Å². The molecule has 0 saturated heterocycles. The van der Waals surface area contributed by atoms with Crippen LogP contribution in [0.15, 0.2) is 0 Å². The Hall–Kier alpha value is 0.150. The van der Waals surface area contributed by atoms with Crippen LogP contribution < -0.4 is 0 Å². The Morgan fingerprint density at radius 1 is 1.27 bits per heavy atom. The molecular formula is C11H25O3P. The van der Waals surface area contributed by atoms with Crippen molar-refractivity contribution in [2.24, 2.45) is 5.92 Å². The fraction of sp³-hybridized carbons (Fsp3) is 1.00. The number of unbranched alkanes of at least 4 members (excludes halogenated alkanes) is 1. The van der Waals surface area contributed by atoms with Crippen LogP contribution in [0.2, 0.25) is 0 Å². The number of hydrogen-bond donors (Lipinski definition) is 1. The molecule has 15 heavy (non-hydrogen) atoms. The Morgan fingerprint density at radius 2 is 1.93 bits per heavy atom. The van der Waals surface area contributed by atoms with E-state index in [0.717, 1.165) is 12.8 Å². The molecule has 2 atom stereocenters. The van der Waals surface area contributed by atoms with E-state index in [1.165, 1.54) is 12.8 Å². The van der Waals surface area contributed by atoms with Gasteiger partial charge in [0.05, 0.1) is 6.61 Å².